The first-order chi connectivity index (χ1) is 11.2. The highest BCUT2D eigenvalue weighted by molar-refractivity contribution is 8.00. The minimum Gasteiger partial charge on any atom is -0.469 e. The number of carbonyl (C=O) groups excluding carboxylic acids is 1. The summed E-state index contributed by atoms with van der Waals surface area (Å²) in [6.07, 6.45) is 1.65. The van der Waals surface area contributed by atoms with Gasteiger partial charge in [-0.15, -0.1) is 0 Å². The standard InChI is InChI=1S/C17H16N2O3S/c1-19-13-7-3-5-11(9-15(20)22-2)16(13)23-17-12(10-18-21)6-4-8-14(17)19/h3-8,10,21H,9H2,1-2H3/b18-10-. The van der Waals surface area contributed by atoms with Crippen LogP contribution in [0.4, 0.5) is 11.4 Å². The molecule has 0 radical (unpaired) electrons. The summed E-state index contributed by atoms with van der Waals surface area (Å²) in [6.45, 7) is 0. The summed E-state index contributed by atoms with van der Waals surface area (Å²) in [7, 11) is 3.38. The number of carbonyl (C=O) groups is 1. The fraction of sp³-hybridized carbons (Fsp3) is 0.176. The maximum atomic E-state index is 11.7. The van der Waals surface area contributed by atoms with Crippen molar-refractivity contribution >= 4 is 35.3 Å². The van der Waals surface area contributed by atoms with Crippen molar-refractivity contribution in [2.24, 2.45) is 5.16 Å². The number of nitrogens with zero attached hydrogens (tertiary/aromatic N) is 2. The number of hydrogen-bond donors (Lipinski definition) is 1. The minimum absolute atomic E-state index is 0.228. The van der Waals surface area contributed by atoms with Crippen molar-refractivity contribution in [3.05, 3.63) is 47.5 Å². The molecule has 2 aromatic rings. The van der Waals surface area contributed by atoms with E-state index in [0.717, 1.165) is 32.3 Å². The van der Waals surface area contributed by atoms with Crippen LogP contribution in [0, 0.1) is 0 Å². The Balaban J connectivity index is 2.11. The summed E-state index contributed by atoms with van der Waals surface area (Å²) in [4.78, 5) is 15.8. The van der Waals surface area contributed by atoms with E-state index in [4.69, 9.17) is 9.94 Å². The van der Waals surface area contributed by atoms with Crippen LogP contribution in [0.2, 0.25) is 0 Å². The third kappa shape index (κ3) is 2.77. The van der Waals surface area contributed by atoms with E-state index in [0.29, 0.717) is 0 Å². The maximum Gasteiger partial charge on any atom is 0.310 e. The van der Waals surface area contributed by atoms with Gasteiger partial charge < -0.3 is 14.8 Å². The Hall–Kier alpha value is -2.47. The molecule has 0 spiro atoms. The number of benzene rings is 2. The highest BCUT2D eigenvalue weighted by atomic mass is 32.2. The van der Waals surface area contributed by atoms with Gasteiger partial charge in [0, 0.05) is 22.4 Å². The average Bonchev–Trinajstić information content (AvgIpc) is 2.56. The average molecular weight is 328 g/mol. The lowest BCUT2D eigenvalue weighted by atomic mass is 10.1. The molecule has 0 aromatic heterocycles. The number of rotatable bonds is 3. The first-order valence-electron chi connectivity index (χ1n) is 7.06. The third-order valence-electron chi connectivity index (χ3n) is 3.79. The van der Waals surface area contributed by atoms with E-state index in [1.165, 1.54) is 13.3 Å². The van der Waals surface area contributed by atoms with Crippen LogP contribution in [0.15, 0.2) is 51.3 Å². The number of esters is 1. The molecule has 0 saturated carbocycles. The molecular weight excluding hydrogens is 312 g/mol. The van der Waals surface area contributed by atoms with Crippen molar-refractivity contribution in [1.82, 2.24) is 0 Å². The second-order valence-corrected chi connectivity index (χ2v) is 6.14. The van der Waals surface area contributed by atoms with Gasteiger partial charge in [-0.25, -0.2) is 0 Å². The third-order valence-corrected chi connectivity index (χ3v) is 5.11. The van der Waals surface area contributed by atoms with E-state index in [1.807, 2.05) is 43.4 Å². The largest absolute Gasteiger partial charge is 0.469 e. The molecule has 23 heavy (non-hydrogen) atoms. The molecule has 1 heterocycles. The Morgan fingerprint density at radius 2 is 1.96 bits per heavy atom. The molecule has 0 amide bonds. The van der Waals surface area contributed by atoms with E-state index in [2.05, 4.69) is 10.1 Å². The molecule has 1 aliphatic rings. The number of methoxy groups -OCH3 is 1. The van der Waals surface area contributed by atoms with Gasteiger partial charge in [0.15, 0.2) is 0 Å². The normalized spacial score (nSPS) is 12.9. The number of oxime groups is 1. The summed E-state index contributed by atoms with van der Waals surface area (Å²) in [5, 5.41) is 12.0. The Morgan fingerprint density at radius 1 is 1.26 bits per heavy atom. The van der Waals surface area contributed by atoms with Crippen molar-refractivity contribution in [1.29, 1.82) is 0 Å². The van der Waals surface area contributed by atoms with Gasteiger partial charge in [-0.2, -0.15) is 0 Å². The fourth-order valence-corrected chi connectivity index (χ4v) is 3.97. The zero-order valence-corrected chi connectivity index (χ0v) is 13.6. The molecule has 0 aliphatic carbocycles. The molecule has 5 nitrogen and oxygen atoms in total. The predicted octanol–water partition coefficient (Wildman–Crippen LogP) is 3.44. The van der Waals surface area contributed by atoms with E-state index >= 15 is 0 Å². The van der Waals surface area contributed by atoms with Gasteiger partial charge in [0.05, 0.1) is 31.1 Å². The molecule has 6 heteroatoms. The predicted molar refractivity (Wildman–Crippen MR) is 90.2 cm³/mol. The summed E-state index contributed by atoms with van der Waals surface area (Å²) in [5.74, 6) is -0.266. The maximum absolute atomic E-state index is 11.7. The molecule has 0 bridgehead atoms. The van der Waals surface area contributed by atoms with Crippen molar-refractivity contribution in [3.63, 3.8) is 0 Å². The van der Waals surface area contributed by atoms with Crippen LogP contribution in [0.1, 0.15) is 11.1 Å². The molecule has 0 fully saturated rings. The number of ether oxygens (including phenoxy) is 1. The van der Waals surface area contributed by atoms with Gasteiger partial charge >= 0.3 is 5.97 Å². The van der Waals surface area contributed by atoms with Crippen LogP contribution >= 0.6 is 11.8 Å². The van der Waals surface area contributed by atoms with Crippen molar-refractivity contribution < 1.29 is 14.7 Å². The summed E-state index contributed by atoms with van der Waals surface area (Å²) >= 11 is 1.58. The lowest BCUT2D eigenvalue weighted by Gasteiger charge is -2.31. The zero-order valence-electron chi connectivity index (χ0n) is 12.8. The number of anilines is 2. The lowest BCUT2D eigenvalue weighted by molar-refractivity contribution is -0.139. The molecule has 1 aliphatic heterocycles. The van der Waals surface area contributed by atoms with Gasteiger partial charge in [-0.05, 0) is 17.7 Å². The smallest absolute Gasteiger partial charge is 0.310 e. The molecule has 118 valence electrons. The summed E-state index contributed by atoms with van der Waals surface area (Å²) in [5.41, 5.74) is 3.84. The monoisotopic (exact) mass is 328 g/mol. The van der Waals surface area contributed by atoms with E-state index < -0.39 is 0 Å². The van der Waals surface area contributed by atoms with Gasteiger partial charge in [0.1, 0.15) is 0 Å². The quantitative estimate of drug-likeness (QED) is 0.405. The van der Waals surface area contributed by atoms with Crippen molar-refractivity contribution in [2.75, 3.05) is 19.1 Å². The van der Waals surface area contributed by atoms with Crippen LogP contribution in [0.3, 0.4) is 0 Å². The van der Waals surface area contributed by atoms with E-state index in [-0.39, 0.29) is 12.4 Å². The SMILES string of the molecule is COC(=O)Cc1cccc2c1Sc1c(/C=N\O)cccc1N2C. The Kier molecular flexibility index (Phi) is 4.25. The highest BCUT2D eigenvalue weighted by Gasteiger charge is 2.25. The minimum atomic E-state index is -0.266. The van der Waals surface area contributed by atoms with Crippen molar-refractivity contribution in [2.45, 2.75) is 16.2 Å². The Morgan fingerprint density at radius 3 is 2.65 bits per heavy atom. The fourth-order valence-electron chi connectivity index (χ4n) is 2.63. The topological polar surface area (TPSA) is 62.1 Å². The second-order valence-electron chi connectivity index (χ2n) is 5.12. The van der Waals surface area contributed by atoms with Crippen LogP contribution < -0.4 is 4.90 Å². The van der Waals surface area contributed by atoms with Gasteiger partial charge in [0.2, 0.25) is 0 Å². The van der Waals surface area contributed by atoms with Crippen LogP contribution in [-0.4, -0.2) is 31.5 Å². The van der Waals surface area contributed by atoms with Crippen molar-refractivity contribution in [3.8, 4) is 0 Å². The first-order valence-corrected chi connectivity index (χ1v) is 7.88. The van der Waals surface area contributed by atoms with Crippen LogP contribution in [0.5, 0.6) is 0 Å². The van der Waals surface area contributed by atoms with E-state index in [1.54, 1.807) is 11.8 Å². The second kappa shape index (κ2) is 6.34. The molecular formula is C17H16N2O3S. The van der Waals surface area contributed by atoms with Gasteiger partial charge in [-0.1, -0.05) is 41.2 Å². The zero-order chi connectivity index (χ0) is 16.4. The first kappa shape index (κ1) is 15.4. The Bertz CT molecular complexity index is 789. The molecule has 0 saturated heterocycles. The summed E-state index contributed by atoms with van der Waals surface area (Å²) < 4.78 is 4.79. The van der Waals surface area contributed by atoms with Gasteiger partial charge in [-0.3, -0.25) is 4.79 Å². The lowest BCUT2D eigenvalue weighted by Crippen LogP contribution is -2.17. The summed E-state index contributed by atoms with van der Waals surface area (Å²) in [6, 6.07) is 11.7. The van der Waals surface area contributed by atoms with Crippen LogP contribution in [0.25, 0.3) is 0 Å². The molecule has 3 rings (SSSR count). The molecule has 2 aromatic carbocycles. The highest BCUT2D eigenvalue weighted by Crippen LogP contribution is 2.49. The molecule has 0 atom stereocenters. The molecule has 1 N–H and O–H groups in total. The van der Waals surface area contributed by atoms with Gasteiger partial charge in [0.25, 0.3) is 0 Å². The number of fused-ring (bicyclic) bond motifs is 2. The van der Waals surface area contributed by atoms with E-state index in [9.17, 15) is 4.79 Å². The number of hydrogen-bond acceptors (Lipinski definition) is 6. The Labute approximate surface area is 138 Å². The molecule has 0 unspecified atom stereocenters. The van der Waals surface area contributed by atoms with Crippen LogP contribution in [-0.2, 0) is 16.0 Å².